The van der Waals surface area contributed by atoms with Crippen molar-refractivity contribution >= 4 is 0 Å². The number of nitrogens with zero attached hydrogens (tertiary/aromatic N) is 1. The van der Waals surface area contributed by atoms with E-state index in [9.17, 15) is 0 Å². The van der Waals surface area contributed by atoms with E-state index >= 15 is 0 Å². The highest BCUT2D eigenvalue weighted by molar-refractivity contribution is 5.01. The van der Waals surface area contributed by atoms with Crippen LogP contribution in [0.25, 0.3) is 0 Å². The summed E-state index contributed by atoms with van der Waals surface area (Å²) in [6, 6.07) is 0.826. The molecule has 2 N–H and O–H groups in total. The molecule has 1 heterocycles. The van der Waals surface area contributed by atoms with Crippen molar-refractivity contribution in [3.05, 3.63) is 0 Å². The lowest BCUT2D eigenvalue weighted by atomic mass is 9.65. The summed E-state index contributed by atoms with van der Waals surface area (Å²) in [6.07, 6.45) is 3.04. The van der Waals surface area contributed by atoms with Crippen LogP contribution >= 0.6 is 0 Å². The fraction of sp³-hybridized carbons (Fsp3) is 1.00. The minimum absolute atomic E-state index is 0.267. The normalized spacial score (nSPS) is 41.8. The number of fused-ring (bicyclic) bond motifs is 1. The summed E-state index contributed by atoms with van der Waals surface area (Å²) in [5.41, 5.74) is 5.93. The van der Waals surface area contributed by atoms with Crippen LogP contribution in [0.15, 0.2) is 0 Å². The quantitative estimate of drug-likeness (QED) is 0.703. The molecule has 76 valence electrons. The van der Waals surface area contributed by atoms with Gasteiger partial charge in [-0.05, 0) is 37.5 Å². The highest BCUT2D eigenvalue weighted by atomic mass is 15.3. The maximum absolute atomic E-state index is 5.93. The molecule has 1 aliphatic heterocycles. The van der Waals surface area contributed by atoms with Gasteiger partial charge in [-0.3, -0.25) is 4.90 Å². The minimum Gasteiger partial charge on any atom is -0.316 e. The van der Waals surface area contributed by atoms with Gasteiger partial charge in [0, 0.05) is 12.6 Å². The molecule has 13 heavy (non-hydrogen) atoms. The van der Waals surface area contributed by atoms with E-state index in [1.54, 1.807) is 0 Å². The summed E-state index contributed by atoms with van der Waals surface area (Å²) < 4.78 is 0. The average Bonchev–Trinajstić information content (AvgIpc) is 2.27. The fourth-order valence-electron chi connectivity index (χ4n) is 3.24. The molecule has 0 amide bonds. The molecular weight excluding hydrogens is 160 g/mol. The van der Waals surface area contributed by atoms with Gasteiger partial charge in [-0.15, -0.1) is 0 Å². The number of nitrogens with two attached hydrogens (primary N) is 1. The molecule has 0 aromatic heterocycles. The standard InChI is InChI=1S/C11H22N2/c1-7(2)10-6-11-9(10)4-5-13(11)8(3)12/h7-11H,4-6,12H2,1-3H3. The molecule has 2 rings (SSSR count). The van der Waals surface area contributed by atoms with Gasteiger partial charge in [-0.1, -0.05) is 13.8 Å². The van der Waals surface area contributed by atoms with Crippen LogP contribution in [0.4, 0.5) is 0 Å². The van der Waals surface area contributed by atoms with E-state index in [1.165, 1.54) is 19.4 Å². The molecule has 4 unspecified atom stereocenters. The lowest BCUT2D eigenvalue weighted by molar-refractivity contribution is 0.0253. The number of likely N-dealkylation sites (tertiary alicyclic amines) is 1. The van der Waals surface area contributed by atoms with Gasteiger partial charge in [0.15, 0.2) is 0 Å². The van der Waals surface area contributed by atoms with Crippen LogP contribution in [0.1, 0.15) is 33.6 Å². The topological polar surface area (TPSA) is 29.3 Å². The summed E-state index contributed by atoms with van der Waals surface area (Å²) in [7, 11) is 0. The Labute approximate surface area is 81.5 Å². The molecule has 2 heteroatoms. The van der Waals surface area contributed by atoms with Crippen LogP contribution in [0.2, 0.25) is 0 Å². The van der Waals surface area contributed by atoms with Crippen molar-refractivity contribution < 1.29 is 0 Å². The van der Waals surface area contributed by atoms with E-state index in [4.69, 9.17) is 5.73 Å². The minimum atomic E-state index is 0.267. The molecule has 1 aliphatic carbocycles. The molecule has 0 aromatic carbocycles. The highest BCUT2D eigenvalue weighted by Gasteiger charge is 2.49. The first kappa shape index (κ1) is 9.47. The van der Waals surface area contributed by atoms with Gasteiger partial charge in [0.2, 0.25) is 0 Å². The zero-order valence-corrected chi connectivity index (χ0v) is 9.03. The van der Waals surface area contributed by atoms with E-state index in [0.717, 1.165) is 23.8 Å². The maximum Gasteiger partial charge on any atom is 0.0545 e. The zero-order valence-electron chi connectivity index (χ0n) is 9.03. The Bertz CT molecular complexity index is 189. The van der Waals surface area contributed by atoms with Crippen LogP contribution in [-0.4, -0.2) is 23.7 Å². The number of hydrogen-bond donors (Lipinski definition) is 1. The zero-order chi connectivity index (χ0) is 9.59. The Kier molecular flexibility index (Phi) is 2.37. The Hall–Kier alpha value is -0.0800. The maximum atomic E-state index is 5.93. The largest absolute Gasteiger partial charge is 0.316 e. The molecule has 4 atom stereocenters. The molecule has 0 spiro atoms. The molecule has 2 aliphatic rings. The van der Waals surface area contributed by atoms with Crippen molar-refractivity contribution in [1.29, 1.82) is 0 Å². The first-order chi connectivity index (χ1) is 6.11. The van der Waals surface area contributed by atoms with Gasteiger partial charge in [-0.25, -0.2) is 0 Å². The molecular formula is C11H22N2. The van der Waals surface area contributed by atoms with Gasteiger partial charge in [0.05, 0.1) is 6.17 Å². The first-order valence-corrected chi connectivity index (χ1v) is 5.62. The van der Waals surface area contributed by atoms with Gasteiger partial charge >= 0.3 is 0 Å². The third kappa shape index (κ3) is 1.40. The van der Waals surface area contributed by atoms with Crippen LogP contribution in [0.5, 0.6) is 0 Å². The highest BCUT2D eigenvalue weighted by Crippen LogP contribution is 2.48. The van der Waals surface area contributed by atoms with Crippen molar-refractivity contribution in [2.75, 3.05) is 6.54 Å². The second kappa shape index (κ2) is 3.25. The molecule has 0 aromatic rings. The summed E-state index contributed by atoms with van der Waals surface area (Å²) in [6.45, 7) is 8.06. The monoisotopic (exact) mass is 182 g/mol. The SMILES string of the molecule is CC(C)C1CC2C1CCN2C(C)N. The van der Waals surface area contributed by atoms with Crippen molar-refractivity contribution in [2.24, 2.45) is 23.5 Å². The molecule has 0 radical (unpaired) electrons. The Morgan fingerprint density at radius 3 is 2.54 bits per heavy atom. The Balaban J connectivity index is 1.95. The lowest BCUT2D eigenvalue weighted by Crippen LogP contribution is -2.52. The van der Waals surface area contributed by atoms with Crippen molar-refractivity contribution in [3.8, 4) is 0 Å². The third-order valence-electron chi connectivity index (χ3n) is 4.08. The van der Waals surface area contributed by atoms with Gasteiger partial charge in [-0.2, -0.15) is 0 Å². The summed E-state index contributed by atoms with van der Waals surface area (Å²) in [5, 5.41) is 0. The second-order valence-electron chi connectivity index (χ2n) is 5.14. The van der Waals surface area contributed by atoms with Crippen LogP contribution < -0.4 is 5.73 Å². The fourth-order valence-corrected chi connectivity index (χ4v) is 3.24. The van der Waals surface area contributed by atoms with Crippen LogP contribution in [0.3, 0.4) is 0 Å². The van der Waals surface area contributed by atoms with E-state index in [-0.39, 0.29) is 6.17 Å². The number of rotatable bonds is 2. The van der Waals surface area contributed by atoms with Crippen molar-refractivity contribution in [2.45, 2.75) is 45.8 Å². The molecule has 1 saturated carbocycles. The second-order valence-corrected chi connectivity index (χ2v) is 5.14. The van der Waals surface area contributed by atoms with E-state index in [0.29, 0.717) is 0 Å². The lowest BCUT2D eigenvalue weighted by Gasteiger charge is -2.47. The first-order valence-electron chi connectivity index (χ1n) is 5.62. The predicted octanol–water partition coefficient (Wildman–Crippen LogP) is 1.66. The molecule has 2 fully saturated rings. The van der Waals surface area contributed by atoms with E-state index < -0.39 is 0 Å². The van der Waals surface area contributed by atoms with Gasteiger partial charge < -0.3 is 5.73 Å². The Morgan fingerprint density at radius 2 is 2.00 bits per heavy atom. The van der Waals surface area contributed by atoms with E-state index in [2.05, 4.69) is 25.7 Å². The van der Waals surface area contributed by atoms with Crippen molar-refractivity contribution in [1.82, 2.24) is 4.90 Å². The molecule has 2 nitrogen and oxygen atoms in total. The van der Waals surface area contributed by atoms with Crippen LogP contribution in [0, 0.1) is 17.8 Å². The summed E-state index contributed by atoms with van der Waals surface area (Å²) in [4.78, 5) is 2.49. The Morgan fingerprint density at radius 1 is 1.31 bits per heavy atom. The van der Waals surface area contributed by atoms with Crippen LogP contribution in [-0.2, 0) is 0 Å². The van der Waals surface area contributed by atoms with Gasteiger partial charge in [0.25, 0.3) is 0 Å². The third-order valence-corrected chi connectivity index (χ3v) is 4.08. The average molecular weight is 182 g/mol. The van der Waals surface area contributed by atoms with E-state index in [1.807, 2.05) is 0 Å². The predicted molar refractivity (Wildman–Crippen MR) is 55.2 cm³/mol. The summed E-state index contributed by atoms with van der Waals surface area (Å²) >= 11 is 0. The summed E-state index contributed by atoms with van der Waals surface area (Å²) in [5.74, 6) is 2.81. The molecule has 0 bridgehead atoms. The smallest absolute Gasteiger partial charge is 0.0545 e. The van der Waals surface area contributed by atoms with Gasteiger partial charge in [0.1, 0.15) is 0 Å². The van der Waals surface area contributed by atoms with Crippen molar-refractivity contribution in [3.63, 3.8) is 0 Å². The number of hydrogen-bond acceptors (Lipinski definition) is 2. The molecule has 1 saturated heterocycles.